The van der Waals surface area contributed by atoms with Crippen molar-refractivity contribution in [3.05, 3.63) is 35.4 Å². The minimum Gasteiger partial charge on any atom is -0.373 e. The predicted octanol–water partition coefficient (Wildman–Crippen LogP) is 1.39. The van der Waals surface area contributed by atoms with E-state index in [0.29, 0.717) is 0 Å². The number of nitrogens with two attached hydrogens (primary N) is 1. The molecular formula is C16H25N3O2. The lowest BCUT2D eigenvalue weighted by Crippen LogP contribution is -2.44. The Bertz CT molecular complexity index is 465. The van der Waals surface area contributed by atoms with Crippen LogP contribution < -0.4 is 11.3 Å². The number of amides is 1. The van der Waals surface area contributed by atoms with E-state index in [1.807, 2.05) is 19.1 Å². The summed E-state index contributed by atoms with van der Waals surface area (Å²) in [4.78, 5) is 13.9. The van der Waals surface area contributed by atoms with Gasteiger partial charge in [-0.15, -0.1) is 0 Å². The summed E-state index contributed by atoms with van der Waals surface area (Å²) in [6.07, 6.45) is 0.558. The Labute approximate surface area is 126 Å². The summed E-state index contributed by atoms with van der Waals surface area (Å²) in [5.41, 5.74) is 4.42. The van der Waals surface area contributed by atoms with Crippen molar-refractivity contribution in [2.24, 2.45) is 5.84 Å². The fourth-order valence-corrected chi connectivity index (χ4v) is 2.86. The van der Waals surface area contributed by atoms with Crippen molar-refractivity contribution in [2.45, 2.75) is 45.4 Å². The van der Waals surface area contributed by atoms with Gasteiger partial charge in [-0.2, -0.15) is 0 Å². The van der Waals surface area contributed by atoms with Crippen LogP contribution in [0.3, 0.4) is 0 Å². The number of ether oxygens (including phenoxy) is 1. The van der Waals surface area contributed by atoms with Gasteiger partial charge in [0.05, 0.1) is 18.1 Å². The van der Waals surface area contributed by atoms with Crippen LogP contribution in [0.5, 0.6) is 0 Å². The quantitative estimate of drug-likeness (QED) is 0.500. The van der Waals surface area contributed by atoms with Crippen molar-refractivity contribution >= 4 is 5.91 Å². The van der Waals surface area contributed by atoms with E-state index in [2.05, 4.69) is 36.3 Å². The topological polar surface area (TPSA) is 67.6 Å². The Morgan fingerprint density at radius 3 is 2.43 bits per heavy atom. The zero-order chi connectivity index (χ0) is 15.4. The Morgan fingerprint density at radius 1 is 1.33 bits per heavy atom. The highest BCUT2D eigenvalue weighted by Gasteiger charge is 2.22. The lowest BCUT2D eigenvalue weighted by atomic mass is 9.99. The molecule has 3 N–H and O–H groups in total. The van der Waals surface area contributed by atoms with Crippen LogP contribution in [0.1, 0.15) is 37.8 Å². The smallest absolute Gasteiger partial charge is 0.241 e. The van der Waals surface area contributed by atoms with E-state index in [0.717, 1.165) is 25.2 Å². The van der Waals surface area contributed by atoms with Crippen molar-refractivity contribution in [2.75, 3.05) is 13.1 Å². The monoisotopic (exact) mass is 291 g/mol. The third-order valence-electron chi connectivity index (χ3n) is 3.92. The predicted molar refractivity (Wildman–Crippen MR) is 82.5 cm³/mol. The van der Waals surface area contributed by atoms with Crippen molar-refractivity contribution in [1.82, 2.24) is 10.3 Å². The third-order valence-corrected chi connectivity index (χ3v) is 3.92. The summed E-state index contributed by atoms with van der Waals surface area (Å²) in [5.74, 6) is 4.77. The average molecular weight is 291 g/mol. The van der Waals surface area contributed by atoms with Crippen LogP contribution in [0, 0.1) is 0 Å². The largest absolute Gasteiger partial charge is 0.373 e. The molecule has 1 saturated heterocycles. The second-order valence-corrected chi connectivity index (χ2v) is 5.92. The van der Waals surface area contributed by atoms with E-state index < -0.39 is 0 Å². The second-order valence-electron chi connectivity index (χ2n) is 5.92. The zero-order valence-electron chi connectivity index (χ0n) is 13.0. The highest BCUT2D eigenvalue weighted by Crippen LogP contribution is 2.18. The van der Waals surface area contributed by atoms with Crippen LogP contribution in [-0.4, -0.2) is 36.1 Å². The van der Waals surface area contributed by atoms with Crippen molar-refractivity contribution < 1.29 is 9.53 Å². The van der Waals surface area contributed by atoms with E-state index in [1.54, 1.807) is 0 Å². The van der Waals surface area contributed by atoms with Gasteiger partial charge in [-0.05, 0) is 31.9 Å². The third kappa shape index (κ3) is 4.27. The van der Waals surface area contributed by atoms with E-state index in [4.69, 9.17) is 10.6 Å². The Hall–Kier alpha value is -1.43. The maximum atomic E-state index is 11.5. The number of morpholine rings is 1. The summed E-state index contributed by atoms with van der Waals surface area (Å²) in [5, 5.41) is 0. The zero-order valence-corrected chi connectivity index (χ0v) is 13.0. The first-order chi connectivity index (χ1) is 9.99. The molecule has 0 spiro atoms. The molecule has 1 fully saturated rings. The van der Waals surface area contributed by atoms with Crippen LogP contribution in [0.15, 0.2) is 24.3 Å². The minimum absolute atomic E-state index is 0.168. The molecule has 5 heteroatoms. The van der Waals surface area contributed by atoms with E-state index in [9.17, 15) is 4.79 Å². The Kier molecular flexibility index (Phi) is 5.33. The second kappa shape index (κ2) is 7.02. The van der Waals surface area contributed by atoms with Gasteiger partial charge in [-0.1, -0.05) is 24.3 Å². The molecule has 3 unspecified atom stereocenters. The standard InChI is InChI=1S/C16H25N3O2/c1-11-8-19(9-12(2)21-11)10-14-4-6-15(7-5-14)13(3)16(20)18-17/h4-7,11-13H,8-10,17H2,1-3H3,(H,18,20). The number of rotatable bonds is 4. The summed E-state index contributed by atoms with van der Waals surface area (Å²) in [6, 6.07) is 8.17. The molecule has 3 atom stereocenters. The number of hydrogen-bond donors (Lipinski definition) is 2. The molecule has 21 heavy (non-hydrogen) atoms. The average Bonchev–Trinajstić information content (AvgIpc) is 2.45. The van der Waals surface area contributed by atoms with Crippen LogP contribution >= 0.6 is 0 Å². The van der Waals surface area contributed by atoms with Crippen molar-refractivity contribution in [3.63, 3.8) is 0 Å². The summed E-state index contributed by atoms with van der Waals surface area (Å²) in [7, 11) is 0. The highest BCUT2D eigenvalue weighted by atomic mass is 16.5. The number of hydrazine groups is 1. The molecule has 1 amide bonds. The molecule has 1 aromatic carbocycles. The molecule has 0 radical (unpaired) electrons. The van der Waals surface area contributed by atoms with E-state index in [-0.39, 0.29) is 24.0 Å². The number of hydrogen-bond acceptors (Lipinski definition) is 4. The van der Waals surface area contributed by atoms with Crippen molar-refractivity contribution in [1.29, 1.82) is 0 Å². The van der Waals surface area contributed by atoms with Gasteiger partial charge in [0.15, 0.2) is 0 Å². The first kappa shape index (κ1) is 15.9. The first-order valence-electron chi connectivity index (χ1n) is 7.46. The number of carbonyl (C=O) groups excluding carboxylic acids is 1. The molecule has 0 aliphatic carbocycles. The van der Waals surface area contributed by atoms with E-state index >= 15 is 0 Å². The molecule has 2 rings (SSSR count). The lowest BCUT2D eigenvalue weighted by molar-refractivity contribution is -0.122. The molecule has 1 aliphatic heterocycles. The van der Waals surface area contributed by atoms with Gasteiger partial charge < -0.3 is 4.74 Å². The number of nitrogens with zero attached hydrogens (tertiary/aromatic N) is 1. The van der Waals surface area contributed by atoms with Gasteiger partial charge in [0.1, 0.15) is 0 Å². The molecule has 1 aromatic rings. The van der Waals surface area contributed by atoms with Gasteiger partial charge in [-0.3, -0.25) is 15.1 Å². The van der Waals surface area contributed by atoms with E-state index in [1.165, 1.54) is 5.56 Å². The molecule has 1 heterocycles. The van der Waals surface area contributed by atoms with Crippen LogP contribution in [-0.2, 0) is 16.1 Å². The van der Waals surface area contributed by atoms with Crippen LogP contribution in [0.2, 0.25) is 0 Å². The van der Waals surface area contributed by atoms with Crippen molar-refractivity contribution in [3.8, 4) is 0 Å². The highest BCUT2D eigenvalue weighted by molar-refractivity contribution is 5.82. The van der Waals surface area contributed by atoms with Gasteiger partial charge in [0, 0.05) is 19.6 Å². The molecule has 5 nitrogen and oxygen atoms in total. The van der Waals surface area contributed by atoms with Gasteiger partial charge >= 0.3 is 0 Å². The molecule has 1 aliphatic rings. The lowest BCUT2D eigenvalue weighted by Gasteiger charge is -2.35. The Balaban J connectivity index is 1.97. The van der Waals surface area contributed by atoms with Gasteiger partial charge in [0.2, 0.25) is 5.91 Å². The summed E-state index contributed by atoms with van der Waals surface area (Å²) >= 11 is 0. The normalized spacial score (nSPS) is 24.6. The maximum absolute atomic E-state index is 11.5. The van der Waals surface area contributed by atoms with Crippen LogP contribution in [0.25, 0.3) is 0 Å². The molecule has 0 aromatic heterocycles. The molecular weight excluding hydrogens is 266 g/mol. The number of carbonyl (C=O) groups is 1. The van der Waals surface area contributed by atoms with Gasteiger partial charge in [0.25, 0.3) is 0 Å². The maximum Gasteiger partial charge on any atom is 0.241 e. The number of benzene rings is 1. The summed E-state index contributed by atoms with van der Waals surface area (Å²) in [6.45, 7) is 8.90. The minimum atomic E-state index is -0.229. The number of nitrogens with one attached hydrogen (secondary N) is 1. The fourth-order valence-electron chi connectivity index (χ4n) is 2.86. The molecule has 116 valence electrons. The first-order valence-corrected chi connectivity index (χ1v) is 7.46. The Morgan fingerprint density at radius 2 is 1.90 bits per heavy atom. The molecule has 0 saturated carbocycles. The fraction of sp³-hybridized carbons (Fsp3) is 0.562. The summed E-state index contributed by atoms with van der Waals surface area (Å²) < 4.78 is 5.75. The molecule has 0 bridgehead atoms. The van der Waals surface area contributed by atoms with Crippen LogP contribution in [0.4, 0.5) is 0 Å². The SMILES string of the molecule is CC1CN(Cc2ccc(C(C)C(=O)NN)cc2)CC(C)O1. The van der Waals surface area contributed by atoms with Gasteiger partial charge in [-0.25, -0.2) is 5.84 Å².